The second-order valence-electron chi connectivity index (χ2n) is 7.38. The quantitative estimate of drug-likeness (QED) is 0.136. The minimum atomic E-state index is -0.583. The number of carbonyl (C=O) groups is 2. The third kappa shape index (κ3) is 6.75. The number of furan rings is 1. The summed E-state index contributed by atoms with van der Waals surface area (Å²) < 4.78 is 28.1. The van der Waals surface area contributed by atoms with Gasteiger partial charge in [-0.05, 0) is 44.4 Å². The van der Waals surface area contributed by atoms with Gasteiger partial charge in [-0.3, -0.25) is 9.59 Å². The van der Waals surface area contributed by atoms with Gasteiger partial charge in [0.1, 0.15) is 34.8 Å². The topological polar surface area (TPSA) is 84.2 Å². The van der Waals surface area contributed by atoms with E-state index in [9.17, 15) is 9.59 Å². The van der Waals surface area contributed by atoms with Crippen LogP contribution >= 0.6 is 0 Å². The number of unbranched alkanes of at least 4 members (excludes halogenated alkanes) is 1. The van der Waals surface area contributed by atoms with E-state index < -0.39 is 11.8 Å². The first-order valence-electron chi connectivity index (χ1n) is 11.3. The zero-order valence-electron chi connectivity index (χ0n) is 19.1. The number of benzene rings is 2. The van der Waals surface area contributed by atoms with E-state index in [1.165, 1.54) is 6.26 Å². The zero-order valence-corrected chi connectivity index (χ0v) is 19.1. The number of fused-ring (bicyclic) bond motifs is 1. The summed E-state index contributed by atoms with van der Waals surface area (Å²) in [5.74, 6) is 0.540. The molecule has 2 aromatic carbocycles. The predicted octanol–water partition coefficient (Wildman–Crippen LogP) is 5.60. The van der Waals surface area contributed by atoms with Crippen LogP contribution in [0.3, 0.4) is 0 Å². The van der Waals surface area contributed by atoms with Crippen molar-refractivity contribution >= 4 is 22.7 Å². The number of hydrogen-bond acceptors (Lipinski definition) is 7. The number of ether oxygens (including phenoxy) is 4. The average molecular weight is 455 g/mol. The summed E-state index contributed by atoms with van der Waals surface area (Å²) in [5, 5.41) is 0.659. The highest BCUT2D eigenvalue weighted by Crippen LogP contribution is 2.39. The zero-order chi connectivity index (χ0) is 23.5. The number of carbonyl (C=O) groups excluding carboxylic acids is 2. The van der Waals surface area contributed by atoms with Crippen LogP contribution in [-0.4, -0.2) is 38.2 Å². The van der Waals surface area contributed by atoms with Gasteiger partial charge in [0, 0.05) is 6.07 Å². The van der Waals surface area contributed by atoms with E-state index in [4.69, 9.17) is 23.4 Å². The first-order chi connectivity index (χ1) is 16.1. The van der Waals surface area contributed by atoms with Crippen molar-refractivity contribution in [3.8, 4) is 17.2 Å². The molecule has 0 atom stereocenters. The summed E-state index contributed by atoms with van der Waals surface area (Å²) in [6, 6.07) is 13.0. The van der Waals surface area contributed by atoms with Gasteiger partial charge in [-0.1, -0.05) is 25.1 Å². The second-order valence-corrected chi connectivity index (χ2v) is 7.38. The fraction of sp³-hybridized carbons (Fsp3) is 0.385. The average Bonchev–Trinajstić information content (AvgIpc) is 3.28. The maximum Gasteiger partial charge on any atom is 0.313 e. The molecule has 33 heavy (non-hydrogen) atoms. The molecule has 7 heteroatoms. The van der Waals surface area contributed by atoms with Crippen LogP contribution in [0.2, 0.25) is 0 Å². The van der Waals surface area contributed by atoms with Gasteiger partial charge in [0.25, 0.3) is 0 Å². The van der Waals surface area contributed by atoms with Gasteiger partial charge in [0.15, 0.2) is 5.78 Å². The standard InChI is InChI=1S/C26H30O7/c1-3-13-31-23-18-22-20(12-16-32-22)26(25(23)21(27)17-24(28)29-4-2)33-15-9-8-14-30-19-10-6-5-7-11-19/h5-7,10-12,16,18H,3-4,8-9,13-15,17H2,1-2H3. The third-order valence-electron chi connectivity index (χ3n) is 4.82. The van der Waals surface area contributed by atoms with Crippen molar-refractivity contribution < 1.29 is 33.0 Å². The summed E-state index contributed by atoms with van der Waals surface area (Å²) in [6.07, 6.45) is 3.41. The molecule has 1 aromatic heterocycles. The lowest BCUT2D eigenvalue weighted by atomic mass is 10.0. The van der Waals surface area contributed by atoms with Crippen molar-refractivity contribution in [3.05, 3.63) is 54.3 Å². The summed E-state index contributed by atoms with van der Waals surface area (Å²) in [4.78, 5) is 25.1. The molecule has 1 heterocycles. The van der Waals surface area contributed by atoms with E-state index in [1.54, 1.807) is 19.1 Å². The molecule has 0 amide bonds. The van der Waals surface area contributed by atoms with E-state index in [0.717, 1.165) is 25.0 Å². The van der Waals surface area contributed by atoms with Gasteiger partial charge >= 0.3 is 5.97 Å². The highest BCUT2D eigenvalue weighted by Gasteiger charge is 2.25. The molecule has 176 valence electrons. The van der Waals surface area contributed by atoms with Crippen LogP contribution in [-0.2, 0) is 9.53 Å². The Kier molecular flexibility index (Phi) is 9.18. The Labute approximate surface area is 193 Å². The van der Waals surface area contributed by atoms with Crippen molar-refractivity contribution in [2.24, 2.45) is 0 Å². The molecule has 0 saturated carbocycles. The molecular formula is C26H30O7. The molecule has 0 spiro atoms. The first-order valence-corrected chi connectivity index (χ1v) is 11.3. The predicted molar refractivity (Wildman–Crippen MR) is 124 cm³/mol. The van der Waals surface area contributed by atoms with Gasteiger partial charge in [0.2, 0.25) is 0 Å². The molecule has 0 aliphatic carbocycles. The Hall–Kier alpha value is -3.48. The van der Waals surface area contributed by atoms with Crippen molar-refractivity contribution in [1.82, 2.24) is 0 Å². The highest BCUT2D eigenvalue weighted by molar-refractivity contribution is 6.12. The maximum absolute atomic E-state index is 13.1. The first kappa shape index (κ1) is 24.2. The lowest BCUT2D eigenvalue weighted by Crippen LogP contribution is -2.15. The van der Waals surface area contributed by atoms with Gasteiger partial charge in [-0.2, -0.15) is 0 Å². The second kappa shape index (κ2) is 12.5. The number of ketones is 1. The van der Waals surface area contributed by atoms with Crippen LogP contribution in [0.5, 0.6) is 17.2 Å². The molecule has 0 radical (unpaired) electrons. The third-order valence-corrected chi connectivity index (χ3v) is 4.82. The summed E-state index contributed by atoms with van der Waals surface area (Å²) >= 11 is 0. The molecule has 3 aromatic rings. The molecule has 0 aliphatic heterocycles. The SMILES string of the molecule is CCCOc1cc2occc2c(OCCCCOc2ccccc2)c1C(=O)CC(=O)OCC. The number of esters is 1. The van der Waals surface area contributed by atoms with Crippen LogP contribution < -0.4 is 14.2 Å². The lowest BCUT2D eigenvalue weighted by Gasteiger charge is -2.16. The normalized spacial score (nSPS) is 10.7. The molecule has 0 N–H and O–H groups in total. The van der Waals surface area contributed by atoms with Crippen LogP contribution in [0.4, 0.5) is 0 Å². The lowest BCUT2D eigenvalue weighted by molar-refractivity contribution is -0.141. The van der Waals surface area contributed by atoms with Crippen molar-refractivity contribution in [1.29, 1.82) is 0 Å². The van der Waals surface area contributed by atoms with Gasteiger partial charge in [-0.25, -0.2) is 0 Å². The number of hydrogen-bond donors (Lipinski definition) is 0. The van der Waals surface area contributed by atoms with Crippen LogP contribution in [0.25, 0.3) is 11.0 Å². The fourth-order valence-corrected chi connectivity index (χ4v) is 3.31. The molecule has 0 fully saturated rings. The van der Waals surface area contributed by atoms with E-state index >= 15 is 0 Å². The molecule has 0 bridgehead atoms. The van der Waals surface area contributed by atoms with Crippen LogP contribution in [0.15, 0.2) is 53.1 Å². The molecule has 0 unspecified atom stereocenters. The summed E-state index contributed by atoms with van der Waals surface area (Å²) in [5.41, 5.74) is 0.794. The van der Waals surface area contributed by atoms with Gasteiger partial charge in [0.05, 0.1) is 38.1 Å². The Balaban J connectivity index is 1.74. The van der Waals surface area contributed by atoms with Crippen molar-refractivity contribution in [2.45, 2.75) is 39.5 Å². The number of Topliss-reactive ketones (excluding diaryl/α,β-unsaturated/α-hetero) is 1. The molecular weight excluding hydrogens is 424 g/mol. The largest absolute Gasteiger partial charge is 0.494 e. The molecule has 3 rings (SSSR count). The Bertz CT molecular complexity index is 1040. The number of rotatable bonds is 14. The molecule has 7 nitrogen and oxygen atoms in total. The highest BCUT2D eigenvalue weighted by atomic mass is 16.5. The minimum Gasteiger partial charge on any atom is -0.494 e. The van der Waals surface area contributed by atoms with Crippen LogP contribution in [0.1, 0.15) is 49.9 Å². The van der Waals surface area contributed by atoms with E-state index in [0.29, 0.717) is 42.3 Å². The van der Waals surface area contributed by atoms with E-state index in [2.05, 4.69) is 0 Å². The monoisotopic (exact) mass is 454 g/mol. The van der Waals surface area contributed by atoms with Gasteiger partial charge < -0.3 is 23.4 Å². The number of para-hydroxylation sites is 1. The smallest absolute Gasteiger partial charge is 0.313 e. The van der Waals surface area contributed by atoms with E-state index in [1.807, 2.05) is 37.3 Å². The Morgan fingerprint density at radius 2 is 1.67 bits per heavy atom. The van der Waals surface area contributed by atoms with Crippen molar-refractivity contribution in [3.63, 3.8) is 0 Å². The fourth-order valence-electron chi connectivity index (χ4n) is 3.31. The van der Waals surface area contributed by atoms with E-state index in [-0.39, 0.29) is 18.6 Å². The minimum absolute atomic E-state index is 0.209. The summed E-state index contributed by atoms with van der Waals surface area (Å²) in [7, 11) is 0. The van der Waals surface area contributed by atoms with Crippen molar-refractivity contribution in [2.75, 3.05) is 26.4 Å². The Morgan fingerprint density at radius 3 is 2.39 bits per heavy atom. The van der Waals surface area contributed by atoms with Gasteiger partial charge in [-0.15, -0.1) is 0 Å². The molecule has 0 aliphatic rings. The maximum atomic E-state index is 13.1. The molecule has 0 saturated heterocycles. The summed E-state index contributed by atoms with van der Waals surface area (Å²) in [6.45, 7) is 5.23. The van der Waals surface area contributed by atoms with Crippen LogP contribution in [0, 0.1) is 0 Å². The Morgan fingerprint density at radius 1 is 0.909 bits per heavy atom.